The number of aryl methyl sites for hydroxylation is 1. The highest BCUT2D eigenvalue weighted by Crippen LogP contribution is 2.37. The zero-order chi connectivity index (χ0) is 22.3. The van der Waals surface area contributed by atoms with Crippen molar-refractivity contribution in [1.82, 2.24) is 14.8 Å². The van der Waals surface area contributed by atoms with Crippen LogP contribution in [0.1, 0.15) is 29.2 Å². The van der Waals surface area contributed by atoms with Crippen molar-refractivity contribution in [3.63, 3.8) is 0 Å². The van der Waals surface area contributed by atoms with Gasteiger partial charge < -0.3 is 5.11 Å². The molecule has 0 saturated carbocycles. The number of aromatic nitrogens is 3. The van der Waals surface area contributed by atoms with E-state index in [2.05, 4.69) is 10.1 Å². The Hall–Kier alpha value is -3.04. The Labute approximate surface area is 179 Å². The lowest BCUT2D eigenvalue weighted by Gasteiger charge is -2.08. The fourth-order valence-electron chi connectivity index (χ4n) is 3.22. The Morgan fingerprint density at radius 1 is 1.06 bits per heavy atom. The fourth-order valence-corrected chi connectivity index (χ4v) is 4.17. The molecule has 4 rings (SSSR count). The normalized spacial score (nSPS) is 12.9. The summed E-state index contributed by atoms with van der Waals surface area (Å²) >= 11 is 1.19. The second kappa shape index (κ2) is 7.90. The van der Waals surface area contributed by atoms with Gasteiger partial charge in [0.1, 0.15) is 5.82 Å². The van der Waals surface area contributed by atoms with Gasteiger partial charge in [-0.05, 0) is 43.7 Å². The third-order valence-electron chi connectivity index (χ3n) is 4.74. The number of hydrogen-bond acceptors (Lipinski definition) is 4. The summed E-state index contributed by atoms with van der Waals surface area (Å²) in [5, 5.41) is 15.1. The molecule has 4 aromatic rings. The number of nitrogens with zero attached hydrogens (tertiary/aromatic N) is 3. The van der Waals surface area contributed by atoms with Gasteiger partial charge in [-0.25, -0.2) is 14.1 Å². The fraction of sp³-hybridized carbons (Fsp3) is 0.182. The van der Waals surface area contributed by atoms with Crippen molar-refractivity contribution in [2.24, 2.45) is 0 Å². The van der Waals surface area contributed by atoms with Crippen molar-refractivity contribution >= 4 is 11.3 Å². The van der Waals surface area contributed by atoms with Crippen LogP contribution >= 0.6 is 11.3 Å². The Bertz CT molecular complexity index is 1230. The molecule has 1 unspecified atom stereocenters. The van der Waals surface area contributed by atoms with Crippen molar-refractivity contribution in [3.05, 3.63) is 76.7 Å². The van der Waals surface area contributed by atoms with E-state index in [0.29, 0.717) is 32.5 Å². The topological polar surface area (TPSA) is 50.9 Å². The smallest absolute Gasteiger partial charge is 0.388 e. The third-order valence-corrected chi connectivity index (χ3v) is 5.95. The van der Waals surface area contributed by atoms with Crippen LogP contribution in [0, 0.1) is 12.7 Å². The van der Waals surface area contributed by atoms with Crippen LogP contribution in [0.25, 0.3) is 27.5 Å². The minimum atomic E-state index is -4.43. The molecular formula is C22H17F4N3OS. The molecule has 0 amide bonds. The van der Waals surface area contributed by atoms with Crippen LogP contribution in [-0.2, 0) is 6.18 Å². The molecule has 0 bridgehead atoms. The van der Waals surface area contributed by atoms with Crippen LogP contribution in [0.3, 0.4) is 0 Å². The predicted molar refractivity (Wildman–Crippen MR) is 110 cm³/mol. The molecule has 160 valence electrons. The minimum Gasteiger partial charge on any atom is -0.388 e. The highest BCUT2D eigenvalue weighted by atomic mass is 32.1. The Morgan fingerprint density at radius 2 is 1.77 bits per heavy atom. The van der Waals surface area contributed by atoms with Crippen LogP contribution in [0.4, 0.5) is 17.6 Å². The molecule has 0 spiro atoms. The number of aliphatic hydroxyl groups excluding tert-OH is 1. The van der Waals surface area contributed by atoms with Crippen LogP contribution in [0.15, 0.2) is 54.7 Å². The van der Waals surface area contributed by atoms with Crippen LogP contribution in [-0.4, -0.2) is 19.9 Å². The minimum absolute atomic E-state index is 0.361. The van der Waals surface area contributed by atoms with Gasteiger partial charge in [0, 0.05) is 17.3 Å². The summed E-state index contributed by atoms with van der Waals surface area (Å²) in [7, 11) is 0. The van der Waals surface area contributed by atoms with Crippen LogP contribution in [0.5, 0.6) is 0 Å². The SMILES string of the molecule is Cc1nn(-c2nc(-c3ccc(C(F)(F)F)cc3)c(C(C)O)s2)cc1-c1cccc(F)c1. The first kappa shape index (κ1) is 21.2. The molecule has 0 aliphatic heterocycles. The van der Waals surface area contributed by atoms with Gasteiger partial charge in [0.25, 0.3) is 0 Å². The van der Waals surface area contributed by atoms with Crippen molar-refractivity contribution in [3.8, 4) is 27.5 Å². The standard InChI is InChI=1S/C22H17F4N3OS/c1-12-18(15-4-3-5-17(23)10-15)11-29(28-12)21-27-19(20(31-21)13(2)30)14-6-8-16(9-7-14)22(24,25)26/h3-11,13,30H,1-2H3. The van der Waals surface area contributed by atoms with E-state index in [9.17, 15) is 22.7 Å². The van der Waals surface area contributed by atoms with Gasteiger partial charge in [0.05, 0.1) is 27.9 Å². The molecule has 0 aliphatic carbocycles. The van der Waals surface area contributed by atoms with Crippen molar-refractivity contribution in [2.45, 2.75) is 26.1 Å². The molecule has 0 fully saturated rings. The van der Waals surface area contributed by atoms with Gasteiger partial charge in [-0.15, -0.1) is 0 Å². The first-order chi connectivity index (χ1) is 14.6. The number of rotatable bonds is 4. The van der Waals surface area contributed by atoms with E-state index in [1.165, 1.54) is 40.3 Å². The van der Waals surface area contributed by atoms with Crippen molar-refractivity contribution in [1.29, 1.82) is 0 Å². The molecule has 9 heteroatoms. The van der Waals surface area contributed by atoms with Crippen molar-refractivity contribution in [2.75, 3.05) is 0 Å². The molecule has 2 aromatic carbocycles. The van der Waals surface area contributed by atoms with E-state index in [4.69, 9.17) is 0 Å². The molecule has 1 N–H and O–H groups in total. The summed E-state index contributed by atoms with van der Waals surface area (Å²) in [5.74, 6) is -0.361. The first-order valence-corrected chi connectivity index (χ1v) is 10.1. The Morgan fingerprint density at radius 3 is 2.39 bits per heavy atom. The average Bonchev–Trinajstić information content (AvgIpc) is 3.31. The molecule has 2 aromatic heterocycles. The highest BCUT2D eigenvalue weighted by molar-refractivity contribution is 7.14. The van der Waals surface area contributed by atoms with Gasteiger partial charge in [0.15, 0.2) is 0 Å². The van der Waals surface area contributed by atoms with Gasteiger partial charge >= 0.3 is 6.18 Å². The van der Waals surface area contributed by atoms with E-state index in [0.717, 1.165) is 17.7 Å². The maximum absolute atomic E-state index is 13.6. The number of alkyl halides is 3. The van der Waals surface area contributed by atoms with Gasteiger partial charge in [-0.2, -0.15) is 18.3 Å². The van der Waals surface area contributed by atoms with Crippen LogP contribution < -0.4 is 0 Å². The molecular weight excluding hydrogens is 430 g/mol. The van der Waals surface area contributed by atoms with Gasteiger partial charge in [-0.3, -0.25) is 0 Å². The Kier molecular flexibility index (Phi) is 5.40. The summed E-state index contributed by atoms with van der Waals surface area (Å²) in [6.45, 7) is 3.36. The lowest BCUT2D eigenvalue weighted by Crippen LogP contribution is -2.04. The zero-order valence-electron chi connectivity index (χ0n) is 16.5. The monoisotopic (exact) mass is 447 g/mol. The highest BCUT2D eigenvalue weighted by Gasteiger charge is 2.30. The largest absolute Gasteiger partial charge is 0.416 e. The maximum atomic E-state index is 13.6. The second-order valence-electron chi connectivity index (χ2n) is 7.04. The van der Waals surface area contributed by atoms with E-state index < -0.39 is 17.8 Å². The quantitative estimate of drug-likeness (QED) is 0.380. The summed E-state index contributed by atoms with van der Waals surface area (Å²) in [6, 6.07) is 10.8. The molecule has 0 radical (unpaired) electrons. The number of benzene rings is 2. The molecule has 4 nitrogen and oxygen atoms in total. The second-order valence-corrected chi connectivity index (χ2v) is 8.05. The molecule has 31 heavy (non-hydrogen) atoms. The number of hydrogen-bond donors (Lipinski definition) is 1. The van der Waals surface area contributed by atoms with Crippen LogP contribution in [0.2, 0.25) is 0 Å². The van der Waals surface area contributed by atoms with Gasteiger partial charge in [-0.1, -0.05) is 35.6 Å². The number of halogens is 4. The van der Waals surface area contributed by atoms with Gasteiger partial charge in [0.2, 0.25) is 5.13 Å². The summed E-state index contributed by atoms with van der Waals surface area (Å²) < 4.78 is 53.8. The van der Waals surface area contributed by atoms with E-state index >= 15 is 0 Å². The lowest BCUT2D eigenvalue weighted by molar-refractivity contribution is -0.137. The maximum Gasteiger partial charge on any atom is 0.416 e. The number of aliphatic hydroxyl groups is 1. The van der Waals surface area contributed by atoms with E-state index in [1.54, 1.807) is 32.2 Å². The molecule has 2 heterocycles. The Balaban J connectivity index is 1.75. The van der Waals surface area contributed by atoms with E-state index in [-0.39, 0.29) is 5.82 Å². The molecule has 0 saturated heterocycles. The summed E-state index contributed by atoms with van der Waals surface area (Å²) in [4.78, 5) is 5.04. The third kappa shape index (κ3) is 4.24. The van der Waals surface area contributed by atoms with E-state index in [1.807, 2.05) is 0 Å². The van der Waals surface area contributed by atoms with Crippen molar-refractivity contribution < 1.29 is 22.7 Å². The molecule has 0 aliphatic rings. The lowest BCUT2D eigenvalue weighted by atomic mass is 10.1. The zero-order valence-corrected chi connectivity index (χ0v) is 17.3. The summed E-state index contributed by atoms with van der Waals surface area (Å²) in [5.41, 5.74) is 2.15. The average molecular weight is 447 g/mol. The predicted octanol–water partition coefficient (Wildman–Crippen LogP) is 6.18. The number of thiazole rings is 1. The summed E-state index contributed by atoms with van der Waals surface area (Å²) in [6.07, 6.45) is -3.59. The first-order valence-electron chi connectivity index (χ1n) is 9.32. The molecule has 1 atom stereocenters.